The van der Waals surface area contributed by atoms with E-state index in [9.17, 15) is 15.0 Å². The normalized spacial score (nSPS) is 15.7. The van der Waals surface area contributed by atoms with Gasteiger partial charge in [0.05, 0.1) is 0 Å². The van der Waals surface area contributed by atoms with Crippen molar-refractivity contribution in [3.05, 3.63) is 23.3 Å². The second-order valence-corrected chi connectivity index (χ2v) is 7.19. The van der Waals surface area contributed by atoms with E-state index in [4.69, 9.17) is 20.5 Å². The number of aromatic carboxylic acids is 1. The molecule has 0 unspecified atom stereocenters. The molecule has 2 rings (SSSR count). The molecular weight excluding hydrogens is 327 g/mol. The highest BCUT2D eigenvalue weighted by molar-refractivity contribution is 6.41. The van der Waals surface area contributed by atoms with Gasteiger partial charge in [-0.25, -0.2) is 4.79 Å². The third-order valence-electron chi connectivity index (χ3n) is 3.96. The number of aryl methyl sites for hydroxylation is 1. The maximum Gasteiger partial charge on any atom is 0.451 e. The fourth-order valence-corrected chi connectivity index (χ4v) is 2.89. The second-order valence-electron chi connectivity index (χ2n) is 7.19. The van der Waals surface area contributed by atoms with E-state index in [1.165, 1.54) is 6.07 Å². The van der Waals surface area contributed by atoms with Gasteiger partial charge in [-0.05, 0) is 38.2 Å². The van der Waals surface area contributed by atoms with Crippen LogP contribution < -0.4 is 10.5 Å². The van der Waals surface area contributed by atoms with Gasteiger partial charge >= 0.3 is 13.1 Å². The number of nitrogens with two attached hydrogens (primary N) is 1. The topological polar surface area (TPSA) is 136 Å². The Bertz CT molecular complexity index is 626. The second kappa shape index (κ2) is 7.61. The fraction of sp³-hybridized carbons (Fsp3) is 0.562. The Morgan fingerprint density at radius 2 is 2.04 bits per heavy atom. The van der Waals surface area contributed by atoms with E-state index in [0.29, 0.717) is 25.2 Å². The number of likely N-dealkylation sites (tertiary alicyclic amines) is 1. The Balaban J connectivity index is 2.06. The molecule has 0 amide bonds. The first kappa shape index (κ1) is 19.5. The van der Waals surface area contributed by atoms with E-state index in [0.717, 1.165) is 0 Å². The zero-order valence-corrected chi connectivity index (χ0v) is 14.5. The minimum atomic E-state index is -1.52. The van der Waals surface area contributed by atoms with Crippen LogP contribution in [0.15, 0.2) is 12.1 Å². The number of ether oxygens (including phenoxy) is 1. The van der Waals surface area contributed by atoms with Gasteiger partial charge in [0, 0.05) is 25.2 Å². The van der Waals surface area contributed by atoms with E-state index in [2.05, 4.69) is 4.90 Å². The maximum atomic E-state index is 11.5. The summed E-state index contributed by atoms with van der Waals surface area (Å²) in [6.07, 6.45) is -0.0171. The molecule has 0 aliphatic carbocycles. The molecular formula is C16H25BN2O6. The van der Waals surface area contributed by atoms with Gasteiger partial charge in [-0.1, -0.05) is 6.07 Å². The molecule has 1 saturated heterocycles. The monoisotopic (exact) mass is 352 g/mol. The van der Waals surface area contributed by atoms with Crippen molar-refractivity contribution in [3.63, 3.8) is 0 Å². The molecule has 25 heavy (non-hydrogen) atoms. The molecule has 0 atom stereocenters. The average molecular weight is 352 g/mol. The summed E-state index contributed by atoms with van der Waals surface area (Å²) in [5, 5.41) is 37.4. The van der Waals surface area contributed by atoms with Gasteiger partial charge < -0.3 is 30.7 Å². The Labute approximate surface area is 147 Å². The standard InChI is InChI=1S/C16H25BN2O6/c1-16(2,18)9-19-7-11(8-19)25-12-4-3-10(5-6-17(23)24)14(20)13(12)15(21)22/h3-4,11,20,23-24H,5-9,18H2,1-2H3,(H,21,22). The SMILES string of the molecule is CC(C)(N)CN1CC(Oc2ccc(CCB(O)O)c(O)c2C(=O)O)C1. The zero-order chi connectivity index (χ0) is 18.8. The van der Waals surface area contributed by atoms with Crippen molar-refractivity contribution >= 4 is 13.1 Å². The number of carboxylic acid groups (broad SMARTS) is 1. The summed E-state index contributed by atoms with van der Waals surface area (Å²) >= 11 is 0. The summed E-state index contributed by atoms with van der Waals surface area (Å²) in [5.74, 6) is -1.59. The first-order valence-corrected chi connectivity index (χ1v) is 8.19. The van der Waals surface area contributed by atoms with E-state index >= 15 is 0 Å². The molecule has 0 spiro atoms. The number of carboxylic acids is 1. The first-order chi connectivity index (χ1) is 11.6. The molecule has 1 aliphatic rings. The lowest BCUT2D eigenvalue weighted by atomic mass is 9.82. The van der Waals surface area contributed by atoms with Crippen molar-refractivity contribution in [2.24, 2.45) is 5.73 Å². The highest BCUT2D eigenvalue weighted by Crippen LogP contribution is 2.34. The van der Waals surface area contributed by atoms with Gasteiger partial charge in [-0.15, -0.1) is 0 Å². The minimum absolute atomic E-state index is 0.000712. The molecule has 8 nitrogen and oxygen atoms in total. The Hall–Kier alpha value is -1.81. The van der Waals surface area contributed by atoms with Gasteiger partial charge in [-0.2, -0.15) is 0 Å². The van der Waals surface area contributed by atoms with Crippen LogP contribution in [-0.4, -0.2) is 69.5 Å². The van der Waals surface area contributed by atoms with E-state index in [-0.39, 0.29) is 35.7 Å². The predicted molar refractivity (Wildman–Crippen MR) is 92.9 cm³/mol. The number of phenols is 1. The number of hydrogen-bond acceptors (Lipinski definition) is 7. The quantitative estimate of drug-likeness (QED) is 0.409. The number of carbonyl (C=O) groups is 1. The number of benzene rings is 1. The van der Waals surface area contributed by atoms with Crippen molar-refractivity contribution in [2.45, 2.75) is 38.2 Å². The van der Waals surface area contributed by atoms with Crippen molar-refractivity contribution in [3.8, 4) is 11.5 Å². The van der Waals surface area contributed by atoms with Gasteiger partial charge in [0.2, 0.25) is 0 Å². The summed E-state index contributed by atoms with van der Waals surface area (Å²) < 4.78 is 5.73. The highest BCUT2D eigenvalue weighted by atomic mass is 16.5. The van der Waals surface area contributed by atoms with Gasteiger partial charge in [0.25, 0.3) is 0 Å². The minimum Gasteiger partial charge on any atom is -0.507 e. The van der Waals surface area contributed by atoms with Gasteiger partial charge in [-0.3, -0.25) is 4.90 Å². The lowest BCUT2D eigenvalue weighted by Crippen LogP contribution is -2.59. The van der Waals surface area contributed by atoms with Crippen molar-refractivity contribution in [2.75, 3.05) is 19.6 Å². The predicted octanol–water partition coefficient (Wildman–Crippen LogP) is -0.0940. The summed E-state index contributed by atoms with van der Waals surface area (Å²) in [5.41, 5.74) is 5.68. The molecule has 1 aromatic carbocycles. The van der Waals surface area contributed by atoms with Crippen LogP contribution in [0.5, 0.6) is 11.5 Å². The smallest absolute Gasteiger partial charge is 0.451 e. The Morgan fingerprint density at radius 1 is 1.40 bits per heavy atom. The van der Waals surface area contributed by atoms with E-state index in [1.54, 1.807) is 6.07 Å². The molecule has 0 bridgehead atoms. The average Bonchev–Trinajstić information content (AvgIpc) is 2.42. The van der Waals surface area contributed by atoms with Crippen LogP contribution in [0.4, 0.5) is 0 Å². The Kier molecular flexibility index (Phi) is 5.94. The summed E-state index contributed by atoms with van der Waals surface area (Å²) in [4.78, 5) is 13.6. The molecule has 1 fully saturated rings. The largest absolute Gasteiger partial charge is 0.507 e. The number of nitrogens with zero attached hydrogens (tertiary/aromatic N) is 1. The van der Waals surface area contributed by atoms with Crippen LogP contribution in [0.1, 0.15) is 29.8 Å². The molecule has 9 heteroatoms. The van der Waals surface area contributed by atoms with Crippen molar-refractivity contribution in [1.82, 2.24) is 4.90 Å². The van der Waals surface area contributed by atoms with E-state index < -0.39 is 18.8 Å². The number of aromatic hydroxyl groups is 1. The van der Waals surface area contributed by atoms with Crippen LogP contribution in [-0.2, 0) is 6.42 Å². The third-order valence-corrected chi connectivity index (χ3v) is 3.96. The zero-order valence-electron chi connectivity index (χ0n) is 14.5. The lowest BCUT2D eigenvalue weighted by molar-refractivity contribution is 0.00878. The summed E-state index contributed by atoms with van der Waals surface area (Å²) in [6, 6.07) is 3.04. The molecule has 1 heterocycles. The first-order valence-electron chi connectivity index (χ1n) is 8.19. The van der Waals surface area contributed by atoms with Gasteiger partial charge in [0.15, 0.2) is 0 Å². The summed E-state index contributed by atoms with van der Waals surface area (Å²) in [7, 11) is -1.52. The van der Waals surface area contributed by atoms with Gasteiger partial charge in [0.1, 0.15) is 23.2 Å². The maximum absolute atomic E-state index is 11.5. The number of hydrogen-bond donors (Lipinski definition) is 5. The summed E-state index contributed by atoms with van der Waals surface area (Å²) in [6.45, 7) is 5.86. The number of rotatable bonds is 8. The molecule has 1 aliphatic heterocycles. The van der Waals surface area contributed by atoms with Crippen LogP contribution in [0, 0.1) is 0 Å². The molecule has 0 saturated carbocycles. The molecule has 0 radical (unpaired) electrons. The molecule has 138 valence electrons. The lowest BCUT2D eigenvalue weighted by Gasteiger charge is -2.42. The van der Waals surface area contributed by atoms with Crippen LogP contribution in [0.2, 0.25) is 6.32 Å². The molecule has 6 N–H and O–H groups in total. The van der Waals surface area contributed by atoms with Crippen LogP contribution >= 0.6 is 0 Å². The van der Waals surface area contributed by atoms with E-state index in [1.807, 2.05) is 13.8 Å². The third kappa shape index (κ3) is 5.33. The molecule has 1 aromatic rings. The van der Waals surface area contributed by atoms with Crippen molar-refractivity contribution in [1.29, 1.82) is 0 Å². The fourth-order valence-electron chi connectivity index (χ4n) is 2.89. The Morgan fingerprint density at radius 3 is 2.56 bits per heavy atom. The van der Waals surface area contributed by atoms with Crippen LogP contribution in [0.25, 0.3) is 0 Å². The van der Waals surface area contributed by atoms with Crippen molar-refractivity contribution < 1.29 is 29.8 Å². The van der Waals surface area contributed by atoms with Crippen LogP contribution in [0.3, 0.4) is 0 Å². The molecule has 0 aromatic heterocycles. The highest BCUT2D eigenvalue weighted by Gasteiger charge is 2.33.